The minimum atomic E-state index is -0.502. The fraction of sp³-hybridized carbons (Fsp3) is 0.417. The number of amides is 1. The highest BCUT2D eigenvalue weighted by Crippen LogP contribution is 2.40. The van der Waals surface area contributed by atoms with Crippen LogP contribution in [0.15, 0.2) is 42.6 Å². The number of nitrogens with one attached hydrogen (secondary N) is 2. The van der Waals surface area contributed by atoms with Gasteiger partial charge >= 0.3 is 0 Å². The predicted octanol–water partition coefficient (Wildman–Crippen LogP) is 4.07. The molecule has 1 saturated carbocycles. The second kappa shape index (κ2) is 7.35. The van der Waals surface area contributed by atoms with Crippen molar-refractivity contribution in [3.63, 3.8) is 0 Å². The van der Waals surface area contributed by atoms with Crippen molar-refractivity contribution in [3.05, 3.63) is 53.7 Å². The molecular formula is C24H26N4O3. The van der Waals surface area contributed by atoms with Crippen molar-refractivity contribution in [2.45, 2.75) is 50.5 Å². The quantitative estimate of drug-likeness (QED) is 0.670. The summed E-state index contributed by atoms with van der Waals surface area (Å²) in [7, 11) is 0. The minimum absolute atomic E-state index is 0.152. The summed E-state index contributed by atoms with van der Waals surface area (Å²) in [6.45, 7) is 2.58. The Hall–Kier alpha value is -2.90. The zero-order chi connectivity index (χ0) is 20.8. The summed E-state index contributed by atoms with van der Waals surface area (Å²) in [5.41, 5.74) is 3.21. The summed E-state index contributed by atoms with van der Waals surface area (Å²) in [6.07, 6.45) is 7.55. The number of hydrogen-bond acceptors (Lipinski definition) is 5. The van der Waals surface area contributed by atoms with Gasteiger partial charge in [-0.15, -0.1) is 0 Å². The third-order valence-corrected chi connectivity index (χ3v) is 6.96. The van der Waals surface area contributed by atoms with Gasteiger partial charge in [-0.1, -0.05) is 6.42 Å². The van der Waals surface area contributed by atoms with Crippen LogP contribution in [-0.4, -0.2) is 45.9 Å². The Morgan fingerprint density at radius 2 is 2.03 bits per heavy atom. The lowest BCUT2D eigenvalue weighted by atomic mass is 9.89. The van der Waals surface area contributed by atoms with E-state index in [9.17, 15) is 4.79 Å². The highest BCUT2D eigenvalue weighted by Gasteiger charge is 2.42. The van der Waals surface area contributed by atoms with Crippen LogP contribution in [0.5, 0.6) is 5.75 Å². The van der Waals surface area contributed by atoms with E-state index < -0.39 is 5.79 Å². The summed E-state index contributed by atoms with van der Waals surface area (Å²) >= 11 is 0. The molecule has 3 aliphatic rings. The second-order valence-corrected chi connectivity index (χ2v) is 8.87. The SMILES string of the molecule is O=C(Nc1ccc2c(c1)COC1(CCN(C3CCC3)CC1)O2)c1ccc2[nH]ncc2c1. The van der Waals surface area contributed by atoms with Crippen LogP contribution in [0, 0.1) is 0 Å². The number of likely N-dealkylation sites (tertiary alicyclic amines) is 1. The number of ether oxygens (including phenoxy) is 2. The molecule has 2 N–H and O–H groups in total. The Morgan fingerprint density at radius 1 is 1.16 bits per heavy atom. The zero-order valence-corrected chi connectivity index (χ0v) is 17.4. The maximum Gasteiger partial charge on any atom is 0.255 e. The maximum atomic E-state index is 12.7. The standard InChI is InChI=1S/C24H26N4O3/c29-23(16-4-6-21-17(12-16)14-25-27-21)26-19-5-7-22-18(13-19)15-30-24(31-22)8-10-28(11-9-24)20-2-1-3-20/h4-7,12-14,20H,1-3,8-11,15H2,(H,25,27)(H,26,29). The van der Waals surface area contributed by atoms with E-state index >= 15 is 0 Å². The molecule has 0 radical (unpaired) electrons. The fourth-order valence-electron chi connectivity index (χ4n) is 4.82. The third kappa shape index (κ3) is 3.47. The maximum absolute atomic E-state index is 12.7. The molecule has 7 heteroatoms. The molecule has 1 amide bonds. The molecule has 31 heavy (non-hydrogen) atoms. The molecule has 0 bridgehead atoms. The molecule has 7 nitrogen and oxygen atoms in total. The number of hydrogen-bond donors (Lipinski definition) is 2. The van der Waals surface area contributed by atoms with Crippen LogP contribution in [0.1, 0.15) is 48.0 Å². The van der Waals surface area contributed by atoms with E-state index in [4.69, 9.17) is 9.47 Å². The zero-order valence-electron chi connectivity index (χ0n) is 17.4. The van der Waals surface area contributed by atoms with Gasteiger partial charge < -0.3 is 14.8 Å². The highest BCUT2D eigenvalue weighted by molar-refractivity contribution is 6.06. The van der Waals surface area contributed by atoms with Crippen LogP contribution in [-0.2, 0) is 11.3 Å². The van der Waals surface area contributed by atoms with Gasteiger partial charge in [-0.2, -0.15) is 5.10 Å². The minimum Gasteiger partial charge on any atom is -0.462 e. The summed E-state index contributed by atoms with van der Waals surface area (Å²) in [4.78, 5) is 15.3. The summed E-state index contributed by atoms with van der Waals surface area (Å²) in [6, 6.07) is 12.1. The van der Waals surface area contributed by atoms with Gasteiger partial charge in [-0.3, -0.25) is 14.8 Å². The molecule has 0 atom stereocenters. The first-order valence-corrected chi connectivity index (χ1v) is 11.1. The van der Waals surface area contributed by atoms with Gasteiger partial charge in [0.2, 0.25) is 5.79 Å². The average Bonchev–Trinajstić information content (AvgIpc) is 3.22. The van der Waals surface area contributed by atoms with Gasteiger partial charge in [0, 0.05) is 54.2 Å². The van der Waals surface area contributed by atoms with Crippen molar-refractivity contribution < 1.29 is 14.3 Å². The smallest absolute Gasteiger partial charge is 0.255 e. The molecule has 6 rings (SSSR count). The van der Waals surface area contributed by atoms with Crippen molar-refractivity contribution in [3.8, 4) is 5.75 Å². The van der Waals surface area contributed by atoms with E-state index in [0.717, 1.165) is 59.9 Å². The van der Waals surface area contributed by atoms with Crippen molar-refractivity contribution >= 4 is 22.5 Å². The molecule has 2 aliphatic heterocycles. The van der Waals surface area contributed by atoms with Gasteiger partial charge in [-0.25, -0.2) is 0 Å². The van der Waals surface area contributed by atoms with Gasteiger partial charge in [0.15, 0.2) is 0 Å². The van der Waals surface area contributed by atoms with Gasteiger partial charge in [0.1, 0.15) is 5.75 Å². The van der Waals surface area contributed by atoms with Crippen LogP contribution in [0.3, 0.4) is 0 Å². The predicted molar refractivity (Wildman–Crippen MR) is 117 cm³/mol. The van der Waals surface area contributed by atoms with E-state index in [0.29, 0.717) is 12.2 Å². The number of anilines is 1. The summed E-state index contributed by atoms with van der Waals surface area (Å²) in [5.74, 6) is 0.208. The van der Waals surface area contributed by atoms with Crippen LogP contribution in [0.2, 0.25) is 0 Å². The van der Waals surface area contributed by atoms with Crippen molar-refractivity contribution in [1.29, 1.82) is 0 Å². The lowest BCUT2D eigenvalue weighted by Crippen LogP contribution is -2.54. The van der Waals surface area contributed by atoms with E-state index in [-0.39, 0.29) is 5.91 Å². The third-order valence-electron chi connectivity index (χ3n) is 6.96. The van der Waals surface area contributed by atoms with Crippen LogP contribution >= 0.6 is 0 Å². The molecule has 2 aromatic carbocycles. The number of fused-ring (bicyclic) bond motifs is 2. The first-order valence-electron chi connectivity index (χ1n) is 11.1. The molecule has 0 unspecified atom stereocenters. The van der Waals surface area contributed by atoms with Gasteiger partial charge in [0.25, 0.3) is 5.91 Å². The Kier molecular flexibility index (Phi) is 4.47. The number of aromatic nitrogens is 2. The Balaban J connectivity index is 1.13. The van der Waals surface area contributed by atoms with Crippen LogP contribution < -0.4 is 10.1 Å². The molecule has 1 aromatic heterocycles. The molecule has 3 aromatic rings. The molecule has 1 aliphatic carbocycles. The van der Waals surface area contributed by atoms with Gasteiger partial charge in [-0.05, 0) is 49.2 Å². The number of piperidine rings is 1. The molecule has 160 valence electrons. The number of aromatic amines is 1. The number of nitrogens with zero attached hydrogens (tertiary/aromatic N) is 2. The van der Waals surface area contributed by atoms with E-state index in [2.05, 4.69) is 20.4 Å². The number of benzene rings is 2. The largest absolute Gasteiger partial charge is 0.462 e. The van der Waals surface area contributed by atoms with Crippen molar-refractivity contribution in [2.24, 2.45) is 0 Å². The molecule has 1 spiro atoms. The lowest BCUT2D eigenvalue weighted by Gasteiger charge is -2.47. The van der Waals surface area contributed by atoms with E-state index in [1.54, 1.807) is 12.3 Å². The van der Waals surface area contributed by atoms with E-state index in [1.165, 1.54) is 19.3 Å². The van der Waals surface area contributed by atoms with Crippen molar-refractivity contribution in [2.75, 3.05) is 18.4 Å². The second-order valence-electron chi connectivity index (χ2n) is 8.87. The first-order chi connectivity index (χ1) is 15.2. The number of carbonyl (C=O) groups is 1. The molecule has 1 saturated heterocycles. The monoisotopic (exact) mass is 418 g/mol. The Morgan fingerprint density at radius 3 is 2.84 bits per heavy atom. The topological polar surface area (TPSA) is 79.5 Å². The Labute approximate surface area is 180 Å². The van der Waals surface area contributed by atoms with Crippen LogP contribution in [0.25, 0.3) is 10.9 Å². The lowest BCUT2D eigenvalue weighted by molar-refractivity contribution is -0.231. The first kappa shape index (κ1) is 18.8. The highest BCUT2D eigenvalue weighted by atomic mass is 16.7. The number of rotatable bonds is 3. The number of carbonyl (C=O) groups excluding carboxylic acids is 1. The molecule has 2 fully saturated rings. The molecule has 3 heterocycles. The molecular weight excluding hydrogens is 392 g/mol. The summed E-state index contributed by atoms with van der Waals surface area (Å²) in [5, 5.41) is 10.8. The van der Waals surface area contributed by atoms with Crippen LogP contribution in [0.4, 0.5) is 5.69 Å². The fourth-order valence-corrected chi connectivity index (χ4v) is 4.82. The Bertz CT molecular complexity index is 1130. The normalized spacial score (nSPS) is 20.8. The number of H-pyrrole nitrogens is 1. The average molecular weight is 418 g/mol. The van der Waals surface area contributed by atoms with Crippen molar-refractivity contribution in [1.82, 2.24) is 15.1 Å². The summed E-state index contributed by atoms with van der Waals surface area (Å²) < 4.78 is 12.6. The van der Waals surface area contributed by atoms with Gasteiger partial charge in [0.05, 0.1) is 18.3 Å². The van der Waals surface area contributed by atoms with E-state index in [1.807, 2.05) is 30.3 Å².